The molecule has 2 aromatic rings. The Morgan fingerprint density at radius 3 is 2.50 bits per heavy atom. The number of halogens is 1. The minimum Gasteiger partial charge on any atom is -0.354 e. The third-order valence-electron chi connectivity index (χ3n) is 5.08. The van der Waals surface area contributed by atoms with Crippen molar-refractivity contribution in [3.8, 4) is 10.4 Å². The summed E-state index contributed by atoms with van der Waals surface area (Å²) in [6, 6.07) is 12.0. The Hall–Kier alpha value is -1.36. The summed E-state index contributed by atoms with van der Waals surface area (Å²) in [5.74, 6) is 0.0963. The molecule has 0 radical (unpaired) electrons. The molecule has 1 N–H and O–H groups in total. The highest BCUT2D eigenvalue weighted by Crippen LogP contribution is 2.35. The van der Waals surface area contributed by atoms with Crippen molar-refractivity contribution in [1.82, 2.24) is 10.2 Å². The van der Waals surface area contributed by atoms with E-state index in [2.05, 4.69) is 22.3 Å². The fraction of sp³-hybridized carbons (Fsp3) is 0.476. The molecule has 140 valence electrons. The van der Waals surface area contributed by atoms with Crippen LogP contribution in [0.1, 0.15) is 38.0 Å². The van der Waals surface area contributed by atoms with Gasteiger partial charge < -0.3 is 10.2 Å². The minimum absolute atomic E-state index is 0.0963. The molecule has 1 fully saturated rings. The quantitative estimate of drug-likeness (QED) is 0.756. The number of thiophene rings is 1. The first kappa shape index (κ1) is 19.4. The Morgan fingerprint density at radius 2 is 1.81 bits per heavy atom. The summed E-state index contributed by atoms with van der Waals surface area (Å²) in [5.41, 5.74) is 0.601. The number of benzene rings is 1. The minimum atomic E-state index is -0.531. The van der Waals surface area contributed by atoms with Gasteiger partial charge in [0.2, 0.25) is 5.91 Å². The van der Waals surface area contributed by atoms with Gasteiger partial charge in [-0.25, -0.2) is 0 Å². The lowest BCUT2D eigenvalue weighted by Gasteiger charge is -2.27. The van der Waals surface area contributed by atoms with Gasteiger partial charge in [-0.05, 0) is 69.6 Å². The molecule has 1 amide bonds. The van der Waals surface area contributed by atoms with Crippen molar-refractivity contribution in [2.75, 3.05) is 26.2 Å². The number of amides is 1. The number of hydrogen-bond donors (Lipinski definition) is 1. The summed E-state index contributed by atoms with van der Waals surface area (Å²) in [6.45, 7) is 7.99. The Morgan fingerprint density at radius 1 is 1.12 bits per heavy atom. The van der Waals surface area contributed by atoms with E-state index in [4.69, 9.17) is 11.6 Å². The lowest BCUT2D eigenvalue weighted by Crippen LogP contribution is -2.43. The van der Waals surface area contributed by atoms with Crippen LogP contribution in [0.2, 0.25) is 5.02 Å². The molecule has 1 aromatic carbocycles. The van der Waals surface area contributed by atoms with Gasteiger partial charge in [-0.1, -0.05) is 30.2 Å². The molecule has 26 heavy (non-hydrogen) atoms. The van der Waals surface area contributed by atoms with Crippen LogP contribution in [0.3, 0.4) is 0 Å². The van der Waals surface area contributed by atoms with Crippen LogP contribution in [0.5, 0.6) is 0 Å². The topological polar surface area (TPSA) is 32.3 Å². The number of carbonyl (C=O) groups excluding carboxylic acids is 1. The van der Waals surface area contributed by atoms with E-state index in [1.54, 1.807) is 11.3 Å². The maximum absolute atomic E-state index is 12.8. The molecule has 2 heterocycles. The van der Waals surface area contributed by atoms with E-state index in [0.717, 1.165) is 46.5 Å². The van der Waals surface area contributed by atoms with Crippen LogP contribution in [0.15, 0.2) is 36.4 Å². The zero-order valence-electron chi connectivity index (χ0n) is 15.6. The number of piperidine rings is 1. The number of rotatable bonds is 6. The average Bonchev–Trinajstić information content (AvgIpc) is 3.14. The summed E-state index contributed by atoms with van der Waals surface area (Å²) >= 11 is 7.64. The highest BCUT2D eigenvalue weighted by atomic mass is 35.5. The van der Waals surface area contributed by atoms with Crippen LogP contribution in [0, 0.1) is 0 Å². The van der Waals surface area contributed by atoms with Crippen molar-refractivity contribution in [2.24, 2.45) is 0 Å². The summed E-state index contributed by atoms with van der Waals surface area (Å²) in [6.07, 6.45) is 3.90. The standard InChI is InChI=1S/C21H27ClN2OS/c1-21(2,20(25)23-12-15-24-13-4-3-5-14-24)19-11-10-18(26-19)16-6-8-17(22)9-7-16/h6-11H,3-5,12-15H2,1-2H3,(H,23,25). The van der Waals surface area contributed by atoms with Crippen molar-refractivity contribution < 1.29 is 4.79 Å². The van der Waals surface area contributed by atoms with Gasteiger partial charge in [-0.15, -0.1) is 11.3 Å². The maximum atomic E-state index is 12.8. The molecule has 1 saturated heterocycles. The van der Waals surface area contributed by atoms with Gasteiger partial charge in [0, 0.05) is 27.9 Å². The van der Waals surface area contributed by atoms with Gasteiger partial charge in [0.05, 0.1) is 5.41 Å². The summed E-state index contributed by atoms with van der Waals surface area (Å²) < 4.78 is 0. The second kappa shape index (κ2) is 8.55. The fourth-order valence-corrected chi connectivity index (χ4v) is 4.52. The number of nitrogens with zero attached hydrogens (tertiary/aromatic N) is 1. The first-order chi connectivity index (χ1) is 12.5. The highest BCUT2D eigenvalue weighted by molar-refractivity contribution is 7.15. The van der Waals surface area contributed by atoms with Crippen molar-refractivity contribution in [3.05, 3.63) is 46.3 Å². The first-order valence-electron chi connectivity index (χ1n) is 9.34. The molecule has 0 bridgehead atoms. The predicted molar refractivity (Wildman–Crippen MR) is 111 cm³/mol. The third-order valence-corrected chi connectivity index (χ3v) is 6.79. The Labute approximate surface area is 165 Å². The first-order valence-corrected chi connectivity index (χ1v) is 10.5. The van der Waals surface area contributed by atoms with E-state index in [1.807, 2.05) is 38.1 Å². The van der Waals surface area contributed by atoms with Crippen molar-refractivity contribution >= 4 is 28.8 Å². The third kappa shape index (κ3) is 4.67. The van der Waals surface area contributed by atoms with Crippen LogP contribution >= 0.6 is 22.9 Å². The smallest absolute Gasteiger partial charge is 0.230 e. The summed E-state index contributed by atoms with van der Waals surface area (Å²) in [7, 11) is 0. The fourth-order valence-electron chi connectivity index (χ4n) is 3.29. The molecule has 1 aromatic heterocycles. The van der Waals surface area contributed by atoms with Gasteiger partial charge in [-0.3, -0.25) is 4.79 Å². The van der Waals surface area contributed by atoms with Gasteiger partial charge in [-0.2, -0.15) is 0 Å². The summed E-state index contributed by atoms with van der Waals surface area (Å²) in [5, 5.41) is 3.87. The van der Waals surface area contributed by atoms with E-state index in [9.17, 15) is 4.79 Å². The molecular weight excluding hydrogens is 364 g/mol. The molecule has 0 atom stereocenters. The maximum Gasteiger partial charge on any atom is 0.230 e. The lowest BCUT2D eigenvalue weighted by molar-refractivity contribution is -0.125. The van der Waals surface area contributed by atoms with Crippen LogP contribution in [0.25, 0.3) is 10.4 Å². The van der Waals surface area contributed by atoms with Gasteiger partial charge in [0.25, 0.3) is 0 Å². The van der Waals surface area contributed by atoms with Crippen LogP contribution < -0.4 is 5.32 Å². The second-order valence-electron chi connectivity index (χ2n) is 7.45. The van der Waals surface area contributed by atoms with Crippen LogP contribution in [-0.2, 0) is 10.2 Å². The molecule has 3 nitrogen and oxygen atoms in total. The Kier molecular flexibility index (Phi) is 6.38. The molecule has 0 spiro atoms. The summed E-state index contributed by atoms with van der Waals surface area (Å²) in [4.78, 5) is 17.4. The van der Waals surface area contributed by atoms with E-state index < -0.39 is 5.41 Å². The zero-order chi connectivity index (χ0) is 18.6. The predicted octanol–water partition coefficient (Wildman–Crippen LogP) is 4.95. The molecule has 1 aliphatic heterocycles. The van der Waals surface area contributed by atoms with Crippen molar-refractivity contribution in [1.29, 1.82) is 0 Å². The van der Waals surface area contributed by atoms with E-state index in [-0.39, 0.29) is 5.91 Å². The second-order valence-corrected chi connectivity index (χ2v) is 8.97. The van der Waals surface area contributed by atoms with Gasteiger partial charge in [0.15, 0.2) is 0 Å². The lowest BCUT2D eigenvalue weighted by atomic mass is 9.90. The van der Waals surface area contributed by atoms with Crippen LogP contribution in [0.4, 0.5) is 0 Å². The molecule has 0 saturated carbocycles. The molecule has 1 aliphatic rings. The van der Waals surface area contributed by atoms with E-state index in [1.165, 1.54) is 19.3 Å². The molecule has 5 heteroatoms. The number of hydrogen-bond acceptors (Lipinski definition) is 3. The van der Waals surface area contributed by atoms with Gasteiger partial charge >= 0.3 is 0 Å². The Bertz CT molecular complexity index is 733. The largest absolute Gasteiger partial charge is 0.354 e. The van der Waals surface area contributed by atoms with E-state index in [0.29, 0.717) is 0 Å². The van der Waals surface area contributed by atoms with Crippen molar-refractivity contribution in [3.63, 3.8) is 0 Å². The molecule has 0 aliphatic carbocycles. The number of nitrogens with one attached hydrogen (secondary N) is 1. The Balaban J connectivity index is 1.59. The SMILES string of the molecule is CC(C)(C(=O)NCCN1CCCCC1)c1ccc(-c2ccc(Cl)cc2)s1. The van der Waals surface area contributed by atoms with Crippen molar-refractivity contribution in [2.45, 2.75) is 38.5 Å². The monoisotopic (exact) mass is 390 g/mol. The normalized spacial score (nSPS) is 15.8. The highest BCUT2D eigenvalue weighted by Gasteiger charge is 2.31. The van der Waals surface area contributed by atoms with Gasteiger partial charge in [0.1, 0.15) is 0 Å². The zero-order valence-corrected chi connectivity index (χ0v) is 17.1. The number of likely N-dealkylation sites (tertiary alicyclic amines) is 1. The average molecular weight is 391 g/mol. The molecule has 3 rings (SSSR count). The van der Waals surface area contributed by atoms with E-state index >= 15 is 0 Å². The number of carbonyl (C=O) groups is 1. The molecular formula is C21H27ClN2OS. The van der Waals surface area contributed by atoms with Crippen LogP contribution in [-0.4, -0.2) is 37.0 Å². The molecule has 0 unspecified atom stereocenters.